The molecule has 2 unspecified atom stereocenters. The molecule has 0 aliphatic carbocycles. The molecule has 1 amide bonds. The maximum atomic E-state index is 12.6. The number of H-pyrrole nitrogens is 1. The van der Waals surface area contributed by atoms with Crippen molar-refractivity contribution < 1.29 is 4.79 Å². The Morgan fingerprint density at radius 1 is 1.04 bits per heavy atom. The highest BCUT2D eigenvalue weighted by Gasteiger charge is 2.19. The van der Waals surface area contributed by atoms with Crippen molar-refractivity contribution in [3.05, 3.63) is 82.1 Å². The number of benzene rings is 2. The Morgan fingerprint density at radius 2 is 1.64 bits per heavy atom. The number of hydrogen-bond donors (Lipinski definition) is 2. The Hall–Kier alpha value is -2.86. The summed E-state index contributed by atoms with van der Waals surface area (Å²) in [5, 5.41) is 3.04. The van der Waals surface area contributed by atoms with Crippen LogP contribution in [-0.2, 0) is 4.79 Å². The van der Waals surface area contributed by atoms with Crippen LogP contribution >= 0.6 is 11.8 Å². The molecule has 1 aromatic heterocycles. The van der Waals surface area contributed by atoms with Gasteiger partial charge in [0.05, 0.1) is 17.0 Å². The molecule has 1 heterocycles. The number of hydrogen-bond acceptors (Lipinski definition) is 4. The predicted octanol–water partition coefficient (Wildman–Crippen LogP) is 4.10. The van der Waals surface area contributed by atoms with E-state index in [0.717, 1.165) is 11.1 Å². The van der Waals surface area contributed by atoms with E-state index in [-0.39, 0.29) is 17.5 Å². The maximum absolute atomic E-state index is 12.6. The Morgan fingerprint density at radius 3 is 2.29 bits per heavy atom. The quantitative estimate of drug-likeness (QED) is 0.488. The Labute approximate surface area is 168 Å². The number of thioether (sulfide) groups is 1. The molecule has 0 radical (unpaired) electrons. The maximum Gasteiger partial charge on any atom is 0.255 e. The van der Waals surface area contributed by atoms with Gasteiger partial charge in [-0.2, -0.15) is 0 Å². The van der Waals surface area contributed by atoms with Crippen molar-refractivity contribution in [1.82, 2.24) is 15.3 Å². The van der Waals surface area contributed by atoms with Gasteiger partial charge >= 0.3 is 0 Å². The third-order valence-corrected chi connectivity index (χ3v) is 5.48. The molecule has 5 nitrogen and oxygen atoms in total. The van der Waals surface area contributed by atoms with Crippen LogP contribution in [0.4, 0.5) is 0 Å². The second-order valence-electron chi connectivity index (χ2n) is 6.61. The van der Waals surface area contributed by atoms with Crippen LogP contribution in [0.2, 0.25) is 0 Å². The molecule has 0 aliphatic heterocycles. The number of nitrogens with one attached hydrogen (secondary N) is 2. The molecule has 0 saturated heterocycles. The molecular weight excluding hydrogens is 370 g/mol. The van der Waals surface area contributed by atoms with Crippen molar-refractivity contribution in [3.8, 4) is 11.3 Å². The second-order valence-corrected chi connectivity index (χ2v) is 7.94. The van der Waals surface area contributed by atoms with Crippen LogP contribution in [0.5, 0.6) is 0 Å². The molecule has 0 aliphatic rings. The fraction of sp³-hybridized carbons (Fsp3) is 0.227. The van der Waals surface area contributed by atoms with E-state index in [2.05, 4.69) is 15.3 Å². The number of rotatable bonds is 6. The van der Waals surface area contributed by atoms with Crippen molar-refractivity contribution in [3.63, 3.8) is 0 Å². The topological polar surface area (TPSA) is 74.8 Å². The summed E-state index contributed by atoms with van der Waals surface area (Å²) < 4.78 is 0. The van der Waals surface area contributed by atoms with Gasteiger partial charge in [0.15, 0.2) is 5.16 Å². The molecule has 0 fully saturated rings. The minimum atomic E-state index is -0.402. The number of nitrogens with zero attached hydrogens (tertiary/aromatic N) is 1. The molecule has 3 rings (SSSR count). The van der Waals surface area contributed by atoms with Gasteiger partial charge in [-0.05, 0) is 26.3 Å². The van der Waals surface area contributed by atoms with Crippen molar-refractivity contribution in [2.24, 2.45) is 0 Å². The first-order chi connectivity index (χ1) is 13.5. The van der Waals surface area contributed by atoms with Gasteiger partial charge in [-0.15, -0.1) is 0 Å². The zero-order valence-corrected chi connectivity index (χ0v) is 16.9. The average Bonchev–Trinajstić information content (AvgIpc) is 2.71. The first-order valence-corrected chi connectivity index (χ1v) is 10.0. The first kappa shape index (κ1) is 19.9. The van der Waals surface area contributed by atoms with E-state index in [9.17, 15) is 9.59 Å². The SMILES string of the molecule is Cc1c(-c2ccccc2)nc(SC(C)C(=O)NC(C)c2ccccc2)[nH]c1=O. The molecule has 2 atom stereocenters. The zero-order valence-electron chi connectivity index (χ0n) is 16.1. The van der Waals surface area contributed by atoms with Crippen LogP contribution in [0.1, 0.15) is 31.0 Å². The lowest BCUT2D eigenvalue weighted by Crippen LogP contribution is -2.33. The molecule has 2 aromatic carbocycles. The highest BCUT2D eigenvalue weighted by molar-refractivity contribution is 8.00. The van der Waals surface area contributed by atoms with Gasteiger partial charge in [0, 0.05) is 11.1 Å². The zero-order chi connectivity index (χ0) is 20.1. The Kier molecular flexibility index (Phi) is 6.31. The lowest BCUT2D eigenvalue weighted by molar-refractivity contribution is -0.120. The van der Waals surface area contributed by atoms with E-state index < -0.39 is 5.25 Å². The van der Waals surface area contributed by atoms with Crippen LogP contribution in [0, 0.1) is 6.92 Å². The Bertz CT molecular complexity index is 1000. The summed E-state index contributed by atoms with van der Waals surface area (Å²) in [4.78, 5) is 32.3. The van der Waals surface area contributed by atoms with Gasteiger partial charge in [0.25, 0.3) is 5.56 Å². The average molecular weight is 394 g/mol. The molecule has 0 saturated carbocycles. The van der Waals surface area contributed by atoms with Gasteiger partial charge in [-0.3, -0.25) is 9.59 Å². The van der Waals surface area contributed by atoms with E-state index in [4.69, 9.17) is 0 Å². The monoisotopic (exact) mass is 393 g/mol. The summed E-state index contributed by atoms with van der Waals surface area (Å²) in [5.74, 6) is -0.106. The van der Waals surface area contributed by atoms with E-state index in [1.165, 1.54) is 11.8 Å². The van der Waals surface area contributed by atoms with Crippen molar-refractivity contribution in [2.45, 2.75) is 37.2 Å². The number of aromatic amines is 1. The molecular formula is C22H23N3O2S. The van der Waals surface area contributed by atoms with E-state index in [1.807, 2.05) is 67.6 Å². The van der Waals surface area contributed by atoms with Crippen LogP contribution in [-0.4, -0.2) is 21.1 Å². The summed E-state index contributed by atoms with van der Waals surface area (Å²) in [7, 11) is 0. The number of aromatic nitrogens is 2. The van der Waals surface area contributed by atoms with E-state index >= 15 is 0 Å². The second kappa shape index (κ2) is 8.89. The third kappa shape index (κ3) is 4.70. The third-order valence-electron chi connectivity index (χ3n) is 4.49. The molecule has 28 heavy (non-hydrogen) atoms. The van der Waals surface area contributed by atoms with Gasteiger partial charge in [0.2, 0.25) is 5.91 Å². The molecule has 6 heteroatoms. The van der Waals surface area contributed by atoms with Gasteiger partial charge in [0.1, 0.15) is 0 Å². The highest BCUT2D eigenvalue weighted by atomic mass is 32.2. The van der Waals surface area contributed by atoms with Crippen LogP contribution in [0.3, 0.4) is 0 Å². The van der Waals surface area contributed by atoms with Gasteiger partial charge in [-0.25, -0.2) is 4.98 Å². The summed E-state index contributed by atoms with van der Waals surface area (Å²) in [6.07, 6.45) is 0. The summed E-state index contributed by atoms with van der Waals surface area (Å²) in [6.45, 7) is 5.50. The van der Waals surface area contributed by atoms with Crippen molar-refractivity contribution in [1.29, 1.82) is 0 Å². The normalized spacial score (nSPS) is 13.0. The number of carbonyl (C=O) groups is 1. The summed E-state index contributed by atoms with van der Waals surface area (Å²) >= 11 is 1.24. The van der Waals surface area contributed by atoms with Crippen LogP contribution in [0.25, 0.3) is 11.3 Å². The lowest BCUT2D eigenvalue weighted by Gasteiger charge is -2.17. The van der Waals surface area contributed by atoms with Gasteiger partial charge in [-0.1, -0.05) is 72.4 Å². The van der Waals surface area contributed by atoms with E-state index in [1.54, 1.807) is 13.8 Å². The molecule has 0 spiro atoms. The number of carbonyl (C=O) groups excluding carboxylic acids is 1. The fourth-order valence-corrected chi connectivity index (χ4v) is 3.63. The predicted molar refractivity (Wildman–Crippen MR) is 113 cm³/mol. The smallest absolute Gasteiger partial charge is 0.255 e. The van der Waals surface area contributed by atoms with Crippen molar-refractivity contribution >= 4 is 17.7 Å². The molecule has 3 aromatic rings. The molecule has 2 N–H and O–H groups in total. The summed E-state index contributed by atoms with van der Waals surface area (Å²) in [6, 6.07) is 19.3. The summed E-state index contributed by atoms with van der Waals surface area (Å²) in [5.41, 5.74) is 2.92. The fourth-order valence-electron chi connectivity index (χ4n) is 2.82. The lowest BCUT2D eigenvalue weighted by atomic mass is 10.1. The van der Waals surface area contributed by atoms with E-state index in [0.29, 0.717) is 16.4 Å². The van der Waals surface area contributed by atoms with Gasteiger partial charge < -0.3 is 10.3 Å². The first-order valence-electron chi connectivity index (χ1n) is 9.14. The molecule has 0 bridgehead atoms. The number of amides is 1. The van der Waals surface area contributed by atoms with Crippen LogP contribution < -0.4 is 10.9 Å². The molecule has 144 valence electrons. The Balaban J connectivity index is 1.75. The largest absolute Gasteiger partial charge is 0.349 e. The minimum Gasteiger partial charge on any atom is -0.349 e. The highest BCUT2D eigenvalue weighted by Crippen LogP contribution is 2.24. The van der Waals surface area contributed by atoms with Crippen LogP contribution in [0.15, 0.2) is 70.6 Å². The van der Waals surface area contributed by atoms with Crippen molar-refractivity contribution in [2.75, 3.05) is 0 Å². The standard InChI is InChI=1S/C22H23N3O2S/c1-14-19(18-12-8-5-9-13-18)24-22(25-20(14)26)28-16(3)21(27)23-15(2)17-10-6-4-7-11-17/h4-13,15-16H,1-3H3,(H,23,27)(H,24,25,26). The minimum absolute atomic E-state index is 0.0957.